The molecule has 8 N–H and O–H groups in total. The van der Waals surface area contributed by atoms with Crippen LogP contribution in [-0.2, 0) is 28.7 Å². The second kappa shape index (κ2) is 15.5. The van der Waals surface area contributed by atoms with Crippen molar-refractivity contribution in [3.8, 4) is 0 Å². The van der Waals surface area contributed by atoms with Crippen molar-refractivity contribution in [2.45, 2.75) is 56.9 Å². The average Bonchev–Trinajstić information content (AvgIpc) is 2.79. The number of hydrogen-bond acceptors (Lipinski definition) is 10. The molecule has 1 rings (SSSR count). The van der Waals surface area contributed by atoms with Gasteiger partial charge in [0.15, 0.2) is 6.29 Å². The van der Waals surface area contributed by atoms with Crippen molar-refractivity contribution in [1.82, 2.24) is 21.3 Å². The smallest absolute Gasteiger partial charge is 0.239 e. The third kappa shape index (κ3) is 11.4. The number of aliphatic hydroxyl groups is 4. The molecule has 0 aromatic carbocycles. The summed E-state index contributed by atoms with van der Waals surface area (Å²) in [7, 11) is 0. The first-order valence-corrected chi connectivity index (χ1v) is 10.6. The average molecular weight is 478 g/mol. The highest BCUT2D eigenvalue weighted by Crippen LogP contribution is 2.21. The minimum absolute atomic E-state index is 0.0740. The maximum Gasteiger partial charge on any atom is 0.239 e. The Labute approximate surface area is 191 Å². The van der Waals surface area contributed by atoms with Gasteiger partial charge in [-0.3, -0.25) is 19.2 Å². The Balaban J connectivity index is 2.08. The summed E-state index contributed by atoms with van der Waals surface area (Å²) in [5, 5.41) is 47.1. The van der Waals surface area contributed by atoms with Crippen molar-refractivity contribution >= 4 is 23.6 Å². The molecule has 5 unspecified atom stereocenters. The molecule has 5 atom stereocenters. The first-order valence-electron chi connectivity index (χ1n) is 10.6. The summed E-state index contributed by atoms with van der Waals surface area (Å²) < 4.78 is 10.7. The van der Waals surface area contributed by atoms with E-state index in [0.717, 1.165) is 0 Å². The van der Waals surface area contributed by atoms with Gasteiger partial charge >= 0.3 is 0 Å². The highest BCUT2D eigenvalue weighted by molar-refractivity contribution is 5.89. The first-order chi connectivity index (χ1) is 15.6. The molecule has 33 heavy (non-hydrogen) atoms. The van der Waals surface area contributed by atoms with Crippen LogP contribution in [0.15, 0.2) is 0 Å². The number of nitrogens with one attached hydrogen (secondary N) is 4. The number of ether oxygens (including phenoxy) is 2. The third-order valence-electron chi connectivity index (χ3n) is 4.66. The fourth-order valence-corrected chi connectivity index (χ4v) is 2.75. The standard InChI is InChI=1S/C19H34N4O10/c1-11-16(29)17(30)18(31)19(33-11)32-7-3-2-4-12(25)21-9-14(27)23-10-15(28)22-8-13(26)20-5-6-24/h11,16-19,24,29-31H,2-10H2,1H3,(H,20,26)(H,21,25)(H,22,28)(H,23,27). The van der Waals surface area contributed by atoms with Crippen molar-refractivity contribution < 1.29 is 49.1 Å². The number of hydrogen-bond donors (Lipinski definition) is 8. The molecule has 1 saturated heterocycles. The normalized spacial score (nSPS) is 24.6. The Hall–Kier alpha value is -2.36. The van der Waals surface area contributed by atoms with E-state index >= 15 is 0 Å². The molecule has 14 nitrogen and oxygen atoms in total. The predicted octanol–water partition coefficient (Wildman–Crippen LogP) is -4.54. The summed E-state index contributed by atoms with van der Waals surface area (Å²) in [4.78, 5) is 46.3. The first kappa shape index (κ1) is 28.7. The molecule has 1 fully saturated rings. The summed E-state index contributed by atoms with van der Waals surface area (Å²) >= 11 is 0. The summed E-state index contributed by atoms with van der Waals surface area (Å²) in [6, 6.07) is 0. The lowest BCUT2D eigenvalue weighted by atomic mass is 10.0. The molecule has 0 aromatic heterocycles. The van der Waals surface area contributed by atoms with E-state index in [0.29, 0.717) is 12.8 Å². The number of carbonyl (C=O) groups excluding carboxylic acids is 4. The zero-order chi connectivity index (χ0) is 24.8. The number of amides is 4. The lowest BCUT2D eigenvalue weighted by molar-refractivity contribution is -0.293. The van der Waals surface area contributed by atoms with Gasteiger partial charge < -0.3 is 51.2 Å². The van der Waals surface area contributed by atoms with Gasteiger partial charge in [-0.05, 0) is 19.8 Å². The maximum absolute atomic E-state index is 11.8. The molecule has 1 aliphatic rings. The van der Waals surface area contributed by atoms with Crippen molar-refractivity contribution in [2.24, 2.45) is 0 Å². The summed E-state index contributed by atoms with van der Waals surface area (Å²) in [6.07, 6.45) is -4.76. The van der Waals surface area contributed by atoms with Crippen LogP contribution in [0.4, 0.5) is 0 Å². The zero-order valence-corrected chi connectivity index (χ0v) is 18.5. The lowest BCUT2D eigenvalue weighted by Gasteiger charge is -2.38. The molecule has 0 bridgehead atoms. The summed E-state index contributed by atoms with van der Waals surface area (Å²) in [6.45, 7) is 0.581. The van der Waals surface area contributed by atoms with Crippen molar-refractivity contribution in [3.05, 3.63) is 0 Å². The van der Waals surface area contributed by atoms with E-state index in [1.807, 2.05) is 0 Å². The molecule has 1 heterocycles. The monoisotopic (exact) mass is 478 g/mol. The van der Waals surface area contributed by atoms with Gasteiger partial charge in [0, 0.05) is 19.6 Å². The minimum atomic E-state index is -1.39. The molecule has 0 saturated carbocycles. The molecule has 0 radical (unpaired) electrons. The second-order valence-corrected chi connectivity index (χ2v) is 7.41. The Bertz CT molecular complexity index is 650. The van der Waals surface area contributed by atoms with Gasteiger partial charge in [0.1, 0.15) is 18.3 Å². The largest absolute Gasteiger partial charge is 0.395 e. The van der Waals surface area contributed by atoms with Crippen LogP contribution in [0.1, 0.15) is 26.2 Å². The SMILES string of the molecule is CC1OC(OCCCCC(=O)NCC(=O)NCC(=O)NCC(=O)NCCO)C(O)C(O)C1O. The molecule has 1 aliphatic heterocycles. The van der Waals surface area contributed by atoms with Crippen LogP contribution in [0.5, 0.6) is 0 Å². The summed E-state index contributed by atoms with van der Waals surface area (Å²) in [5.74, 6) is -2.02. The van der Waals surface area contributed by atoms with E-state index in [2.05, 4.69) is 21.3 Å². The van der Waals surface area contributed by atoms with Crippen LogP contribution in [0.25, 0.3) is 0 Å². The van der Waals surface area contributed by atoms with Gasteiger partial charge in [-0.15, -0.1) is 0 Å². The fourth-order valence-electron chi connectivity index (χ4n) is 2.75. The van der Waals surface area contributed by atoms with Gasteiger partial charge in [0.2, 0.25) is 23.6 Å². The van der Waals surface area contributed by atoms with Gasteiger partial charge in [0.25, 0.3) is 0 Å². The minimum Gasteiger partial charge on any atom is -0.395 e. The molecule has 14 heteroatoms. The Kier molecular flexibility index (Phi) is 13.4. The van der Waals surface area contributed by atoms with E-state index in [4.69, 9.17) is 14.6 Å². The van der Waals surface area contributed by atoms with E-state index in [1.165, 1.54) is 0 Å². The lowest BCUT2D eigenvalue weighted by Crippen LogP contribution is -2.57. The third-order valence-corrected chi connectivity index (χ3v) is 4.66. The number of aliphatic hydroxyl groups excluding tert-OH is 4. The van der Waals surface area contributed by atoms with Crippen molar-refractivity contribution in [1.29, 1.82) is 0 Å². The molecule has 0 spiro atoms. The highest BCUT2D eigenvalue weighted by Gasteiger charge is 2.42. The van der Waals surface area contributed by atoms with Crippen LogP contribution in [0, 0.1) is 0 Å². The molecule has 4 amide bonds. The van der Waals surface area contributed by atoms with Gasteiger partial charge in [-0.25, -0.2) is 0 Å². The second-order valence-electron chi connectivity index (χ2n) is 7.41. The molecule has 190 valence electrons. The summed E-state index contributed by atoms with van der Waals surface area (Å²) in [5.41, 5.74) is 0. The quantitative estimate of drug-likeness (QED) is 0.112. The van der Waals surface area contributed by atoms with E-state index < -0.39 is 48.4 Å². The van der Waals surface area contributed by atoms with Crippen LogP contribution < -0.4 is 21.3 Å². The highest BCUT2D eigenvalue weighted by atomic mass is 16.7. The van der Waals surface area contributed by atoms with E-state index in [1.54, 1.807) is 6.92 Å². The van der Waals surface area contributed by atoms with E-state index in [9.17, 15) is 34.5 Å². The van der Waals surface area contributed by atoms with Crippen molar-refractivity contribution in [2.75, 3.05) is 39.4 Å². The molecule has 0 aliphatic carbocycles. The molecular weight excluding hydrogens is 444 g/mol. The van der Waals surface area contributed by atoms with E-state index in [-0.39, 0.29) is 51.7 Å². The number of rotatable bonds is 14. The number of carbonyl (C=O) groups is 4. The topological polar surface area (TPSA) is 216 Å². The van der Waals surface area contributed by atoms with Crippen LogP contribution in [-0.4, -0.2) is 114 Å². The van der Waals surface area contributed by atoms with Gasteiger partial charge in [-0.1, -0.05) is 0 Å². The van der Waals surface area contributed by atoms with Crippen molar-refractivity contribution in [3.63, 3.8) is 0 Å². The Morgan fingerprint density at radius 1 is 0.788 bits per heavy atom. The predicted molar refractivity (Wildman–Crippen MR) is 111 cm³/mol. The molecule has 0 aromatic rings. The van der Waals surface area contributed by atoms with Gasteiger partial charge in [-0.2, -0.15) is 0 Å². The van der Waals surface area contributed by atoms with Crippen LogP contribution >= 0.6 is 0 Å². The van der Waals surface area contributed by atoms with Crippen LogP contribution in [0.2, 0.25) is 0 Å². The Morgan fingerprint density at radius 3 is 1.91 bits per heavy atom. The number of unbranched alkanes of at least 4 members (excludes halogenated alkanes) is 1. The van der Waals surface area contributed by atoms with Gasteiger partial charge in [0.05, 0.1) is 32.3 Å². The maximum atomic E-state index is 11.8. The zero-order valence-electron chi connectivity index (χ0n) is 18.5. The van der Waals surface area contributed by atoms with Crippen LogP contribution in [0.3, 0.4) is 0 Å². The molecular formula is C19H34N4O10. The fraction of sp³-hybridized carbons (Fsp3) is 0.789. The Morgan fingerprint density at radius 2 is 1.33 bits per heavy atom.